The number of aromatic carboxylic acids is 1. The molecule has 0 aliphatic carbocycles. The van der Waals surface area contributed by atoms with E-state index < -0.39 is 5.97 Å². The number of amidine groups is 1. The van der Waals surface area contributed by atoms with Crippen molar-refractivity contribution in [2.24, 2.45) is 4.99 Å². The lowest BCUT2D eigenvalue weighted by atomic mass is 10.1. The van der Waals surface area contributed by atoms with Crippen molar-refractivity contribution >= 4 is 29.3 Å². The SMILES string of the molecule is O=C(O)c1ccc2c(c1)Sc1ccccc1N=C2N1CCOCC1. The Hall–Kier alpha value is -2.31. The number of nitrogens with zero attached hydrogens (tertiary/aromatic N) is 2. The van der Waals surface area contributed by atoms with Gasteiger partial charge in [-0.25, -0.2) is 9.79 Å². The molecule has 1 N–H and O–H groups in total. The van der Waals surface area contributed by atoms with Gasteiger partial charge in [0.2, 0.25) is 0 Å². The Labute approximate surface area is 144 Å². The number of fused-ring (bicyclic) bond motifs is 2. The van der Waals surface area contributed by atoms with Gasteiger partial charge in [0.1, 0.15) is 5.84 Å². The quantitative estimate of drug-likeness (QED) is 0.863. The summed E-state index contributed by atoms with van der Waals surface area (Å²) in [7, 11) is 0. The second-order valence-electron chi connectivity index (χ2n) is 5.62. The Kier molecular flexibility index (Phi) is 4.00. The molecule has 0 saturated carbocycles. The third-order valence-corrected chi connectivity index (χ3v) is 5.21. The Morgan fingerprint density at radius 3 is 2.71 bits per heavy atom. The van der Waals surface area contributed by atoms with Crippen LogP contribution in [0.4, 0.5) is 5.69 Å². The van der Waals surface area contributed by atoms with Crippen LogP contribution in [-0.4, -0.2) is 48.1 Å². The topological polar surface area (TPSA) is 62.1 Å². The summed E-state index contributed by atoms with van der Waals surface area (Å²) in [6.45, 7) is 2.92. The third kappa shape index (κ3) is 2.79. The zero-order valence-corrected chi connectivity index (χ0v) is 13.8. The van der Waals surface area contributed by atoms with Crippen molar-refractivity contribution in [3.05, 3.63) is 53.6 Å². The van der Waals surface area contributed by atoms with Crippen LogP contribution >= 0.6 is 11.8 Å². The van der Waals surface area contributed by atoms with Gasteiger partial charge in [-0.15, -0.1) is 0 Å². The molecule has 5 nitrogen and oxygen atoms in total. The van der Waals surface area contributed by atoms with Gasteiger partial charge >= 0.3 is 5.97 Å². The van der Waals surface area contributed by atoms with Gasteiger partial charge in [-0.3, -0.25) is 0 Å². The summed E-state index contributed by atoms with van der Waals surface area (Å²) in [6.07, 6.45) is 0. The Bertz CT molecular complexity index is 829. The Morgan fingerprint density at radius 1 is 1.12 bits per heavy atom. The number of hydrogen-bond donors (Lipinski definition) is 1. The fourth-order valence-electron chi connectivity index (χ4n) is 2.87. The maximum atomic E-state index is 11.3. The van der Waals surface area contributed by atoms with Gasteiger partial charge in [-0.2, -0.15) is 0 Å². The van der Waals surface area contributed by atoms with Crippen molar-refractivity contribution in [2.75, 3.05) is 26.3 Å². The minimum atomic E-state index is -0.916. The number of morpholine rings is 1. The molecule has 2 heterocycles. The van der Waals surface area contributed by atoms with E-state index in [0.717, 1.165) is 40.0 Å². The fraction of sp³-hybridized carbons (Fsp3) is 0.222. The number of carboxylic acids is 1. The van der Waals surface area contributed by atoms with E-state index >= 15 is 0 Å². The van der Waals surface area contributed by atoms with Crippen LogP contribution in [0.1, 0.15) is 15.9 Å². The summed E-state index contributed by atoms with van der Waals surface area (Å²) in [5, 5.41) is 9.30. The van der Waals surface area contributed by atoms with E-state index in [1.165, 1.54) is 0 Å². The lowest BCUT2D eigenvalue weighted by Gasteiger charge is -2.30. The van der Waals surface area contributed by atoms with Crippen molar-refractivity contribution in [1.29, 1.82) is 0 Å². The zero-order valence-electron chi connectivity index (χ0n) is 12.9. The molecule has 2 aliphatic heterocycles. The van der Waals surface area contributed by atoms with Crippen LogP contribution in [0.5, 0.6) is 0 Å². The lowest BCUT2D eigenvalue weighted by Crippen LogP contribution is -2.41. The van der Waals surface area contributed by atoms with Gasteiger partial charge < -0.3 is 14.7 Å². The predicted molar refractivity (Wildman–Crippen MR) is 92.6 cm³/mol. The van der Waals surface area contributed by atoms with E-state index in [9.17, 15) is 9.90 Å². The molecule has 0 atom stereocenters. The average Bonchev–Trinajstić information content (AvgIpc) is 2.78. The first kappa shape index (κ1) is 15.2. The highest BCUT2D eigenvalue weighted by molar-refractivity contribution is 7.99. The number of aliphatic imine (C=N–C) groups is 1. The fourth-order valence-corrected chi connectivity index (χ4v) is 3.93. The summed E-state index contributed by atoms with van der Waals surface area (Å²) in [6, 6.07) is 13.2. The number of hydrogen-bond acceptors (Lipinski definition) is 5. The van der Waals surface area contributed by atoms with E-state index in [0.29, 0.717) is 18.8 Å². The molecule has 0 aromatic heterocycles. The second kappa shape index (κ2) is 6.30. The molecule has 1 saturated heterocycles. The molecule has 0 bridgehead atoms. The molecule has 2 aromatic carbocycles. The summed E-state index contributed by atoms with van der Waals surface area (Å²) in [4.78, 5) is 20.4. The molecule has 2 aliphatic rings. The standard InChI is InChI=1S/C18H16N2O3S/c21-18(22)12-5-6-13-16(11-12)24-15-4-2-1-3-14(15)19-17(13)20-7-9-23-10-8-20/h1-6,11H,7-10H2,(H,21,22). The highest BCUT2D eigenvalue weighted by Crippen LogP contribution is 2.41. The van der Waals surface area contributed by atoms with E-state index in [1.807, 2.05) is 30.3 Å². The van der Waals surface area contributed by atoms with E-state index in [-0.39, 0.29) is 0 Å². The molecule has 0 spiro atoms. The van der Waals surface area contributed by atoms with Gasteiger partial charge in [0, 0.05) is 28.4 Å². The van der Waals surface area contributed by atoms with Crippen molar-refractivity contribution < 1.29 is 14.6 Å². The monoisotopic (exact) mass is 340 g/mol. The molecule has 0 unspecified atom stereocenters. The maximum Gasteiger partial charge on any atom is 0.335 e. The molecule has 0 amide bonds. The Balaban J connectivity index is 1.87. The zero-order chi connectivity index (χ0) is 16.5. The number of benzene rings is 2. The molecular formula is C18H16N2O3S. The van der Waals surface area contributed by atoms with Crippen LogP contribution in [0.15, 0.2) is 57.2 Å². The van der Waals surface area contributed by atoms with Crippen LogP contribution < -0.4 is 0 Å². The second-order valence-corrected chi connectivity index (χ2v) is 6.70. The van der Waals surface area contributed by atoms with Gasteiger partial charge in [0.25, 0.3) is 0 Å². The first-order valence-corrected chi connectivity index (χ1v) is 8.60. The van der Waals surface area contributed by atoms with Crippen LogP contribution in [0.3, 0.4) is 0 Å². The van der Waals surface area contributed by atoms with E-state index in [2.05, 4.69) is 4.90 Å². The van der Waals surface area contributed by atoms with E-state index in [4.69, 9.17) is 9.73 Å². The van der Waals surface area contributed by atoms with Gasteiger partial charge in [0.05, 0.1) is 24.5 Å². The smallest absolute Gasteiger partial charge is 0.335 e. The van der Waals surface area contributed by atoms with Crippen LogP contribution in [0.25, 0.3) is 0 Å². The van der Waals surface area contributed by atoms with Crippen LogP contribution in [0, 0.1) is 0 Å². The number of rotatable bonds is 1. The van der Waals surface area contributed by atoms with E-state index in [1.54, 1.807) is 23.9 Å². The van der Waals surface area contributed by atoms with Crippen molar-refractivity contribution in [3.63, 3.8) is 0 Å². The first-order chi connectivity index (χ1) is 11.7. The Morgan fingerprint density at radius 2 is 1.92 bits per heavy atom. The molecule has 2 aromatic rings. The van der Waals surface area contributed by atoms with Crippen LogP contribution in [0.2, 0.25) is 0 Å². The van der Waals surface area contributed by atoms with Gasteiger partial charge in [-0.1, -0.05) is 23.9 Å². The summed E-state index contributed by atoms with van der Waals surface area (Å²) in [5.74, 6) is -0.0246. The molecular weight excluding hydrogens is 324 g/mol. The number of para-hydroxylation sites is 1. The number of ether oxygens (including phenoxy) is 1. The number of carbonyl (C=O) groups is 1. The number of carboxylic acid groups (broad SMARTS) is 1. The van der Waals surface area contributed by atoms with Gasteiger partial charge in [-0.05, 0) is 30.3 Å². The minimum Gasteiger partial charge on any atom is -0.478 e. The molecule has 6 heteroatoms. The molecule has 0 radical (unpaired) electrons. The first-order valence-electron chi connectivity index (χ1n) is 7.78. The molecule has 4 rings (SSSR count). The van der Waals surface area contributed by atoms with Crippen LogP contribution in [-0.2, 0) is 4.74 Å². The average molecular weight is 340 g/mol. The highest BCUT2D eigenvalue weighted by atomic mass is 32.2. The minimum absolute atomic E-state index is 0.293. The normalized spacial score (nSPS) is 16.7. The van der Waals surface area contributed by atoms with Crippen molar-refractivity contribution in [3.8, 4) is 0 Å². The third-order valence-electron chi connectivity index (χ3n) is 4.09. The largest absolute Gasteiger partial charge is 0.478 e. The highest BCUT2D eigenvalue weighted by Gasteiger charge is 2.24. The molecule has 122 valence electrons. The molecule has 24 heavy (non-hydrogen) atoms. The summed E-state index contributed by atoms with van der Waals surface area (Å²) < 4.78 is 5.45. The lowest BCUT2D eigenvalue weighted by molar-refractivity contribution is 0.0682. The summed E-state index contributed by atoms with van der Waals surface area (Å²) >= 11 is 1.57. The summed E-state index contributed by atoms with van der Waals surface area (Å²) in [5.41, 5.74) is 2.18. The molecule has 1 fully saturated rings. The van der Waals surface area contributed by atoms with Gasteiger partial charge in [0.15, 0.2) is 0 Å². The van der Waals surface area contributed by atoms with Crippen molar-refractivity contribution in [1.82, 2.24) is 4.90 Å². The van der Waals surface area contributed by atoms with Crippen molar-refractivity contribution in [2.45, 2.75) is 9.79 Å². The predicted octanol–water partition coefficient (Wildman–Crippen LogP) is 3.26. The maximum absolute atomic E-state index is 11.3.